The van der Waals surface area contributed by atoms with Crippen LogP contribution in [0.15, 0.2) is 0 Å². The fourth-order valence-corrected chi connectivity index (χ4v) is 0. The Labute approximate surface area is 178 Å². The van der Waals surface area contributed by atoms with E-state index in [9.17, 15) is 0 Å². The molecule has 0 radical (unpaired) electrons. The maximum absolute atomic E-state index is 0. The molecule has 0 nitrogen and oxygen atoms in total. The van der Waals surface area contributed by atoms with Crippen LogP contribution >= 0.6 is 0 Å². The van der Waals surface area contributed by atoms with Crippen LogP contribution in [0.2, 0.25) is 0 Å². The Morgan fingerprint density at radius 2 is 1.00 bits per heavy atom. The summed E-state index contributed by atoms with van der Waals surface area (Å²) in [5.41, 5.74) is 0. The van der Waals surface area contributed by atoms with Crippen LogP contribution in [0.25, 0.3) is 0 Å². The van der Waals surface area contributed by atoms with Crippen molar-refractivity contribution in [3.63, 3.8) is 0 Å². The standard InChI is InChI=1S/Ba.Ca.Fe.K.Na.6H. The van der Waals surface area contributed by atoms with Gasteiger partial charge in [0.2, 0.25) is 0 Å². The van der Waals surface area contributed by atoms with Gasteiger partial charge in [0, 0.05) is 17.1 Å². The summed E-state index contributed by atoms with van der Waals surface area (Å²) in [7, 11) is 0. The normalized spacial score (nSPS) is 0. The van der Waals surface area contributed by atoms with E-state index in [1.807, 2.05) is 0 Å². The zero-order valence-electron chi connectivity index (χ0n) is 0.354. The van der Waals surface area contributed by atoms with Crippen LogP contribution in [0, 0.1) is 0 Å². The van der Waals surface area contributed by atoms with Gasteiger partial charge in [-0.15, -0.1) is 0 Å². The quantitative estimate of drug-likeness (QED) is 0.415. The van der Waals surface area contributed by atoms with E-state index < -0.39 is 0 Å². The molecular weight excluding hydrogens is 295 g/mol. The summed E-state index contributed by atoms with van der Waals surface area (Å²) in [5, 5.41) is 0. The second-order valence-electron chi connectivity index (χ2n) is 0. The Morgan fingerprint density at radius 3 is 1.00 bits per heavy atom. The van der Waals surface area contributed by atoms with Crippen molar-refractivity contribution >= 4 is 168 Å². The molecule has 0 fully saturated rings. The predicted molar refractivity (Wildman–Crippen MR) is 31.4 cm³/mol. The summed E-state index contributed by atoms with van der Waals surface area (Å²) < 4.78 is 0. The summed E-state index contributed by atoms with van der Waals surface area (Å²) in [6.07, 6.45) is 0. The van der Waals surface area contributed by atoms with Gasteiger partial charge in [0.25, 0.3) is 0 Å². The summed E-state index contributed by atoms with van der Waals surface area (Å²) in [6.45, 7) is 0. The molecule has 0 heterocycles. The third kappa shape index (κ3) is 17.8. The van der Waals surface area contributed by atoms with E-state index in [4.69, 9.17) is 0 Å². The van der Waals surface area contributed by atoms with Crippen molar-refractivity contribution in [3.05, 3.63) is 0 Å². The van der Waals surface area contributed by atoms with Gasteiger partial charge in [-0.1, -0.05) is 0 Å². The summed E-state index contributed by atoms with van der Waals surface area (Å²) in [5.74, 6) is 0. The molecule has 0 bridgehead atoms. The van der Waals surface area contributed by atoms with Crippen molar-refractivity contribution < 1.29 is 17.1 Å². The number of rotatable bonds is 0. The van der Waals surface area contributed by atoms with Crippen molar-refractivity contribution in [1.29, 1.82) is 0 Å². The molecule has 0 unspecified atom stereocenters. The summed E-state index contributed by atoms with van der Waals surface area (Å²) in [4.78, 5) is 0. The molecule has 0 aliphatic rings. The van der Waals surface area contributed by atoms with Crippen LogP contribution in [-0.2, 0) is 17.1 Å². The van der Waals surface area contributed by atoms with Crippen LogP contribution < -0.4 is 0 Å². The fourth-order valence-electron chi connectivity index (χ4n) is 0. The monoisotopic (exact) mass is 302 g/mol. The van der Waals surface area contributed by atoms with E-state index in [0.29, 0.717) is 0 Å². The zero-order chi connectivity index (χ0) is 0. The molecule has 0 aliphatic carbocycles. The predicted octanol–water partition coefficient (Wildman–Crippen LogP) is -3.13. The SMILES string of the molecule is [BaH2].[CaH2].[Fe].[KH].[NaH]. The van der Waals surface area contributed by atoms with Gasteiger partial charge < -0.3 is 0 Å². The van der Waals surface area contributed by atoms with Crippen molar-refractivity contribution in [2.45, 2.75) is 0 Å². The van der Waals surface area contributed by atoms with E-state index in [1.165, 1.54) is 0 Å². The Hall–Kier alpha value is 5.99. The maximum atomic E-state index is 0. The molecule has 0 rings (SSSR count). The van der Waals surface area contributed by atoms with Crippen LogP contribution in [0.1, 0.15) is 0 Å². The molecule has 0 saturated heterocycles. The van der Waals surface area contributed by atoms with Gasteiger partial charge in [0.05, 0.1) is 0 Å². The second-order valence-corrected chi connectivity index (χ2v) is 0. The minimum atomic E-state index is 0. The van der Waals surface area contributed by atoms with Gasteiger partial charge >= 0.3 is 168 Å². The van der Waals surface area contributed by atoms with Crippen molar-refractivity contribution in [3.8, 4) is 0 Å². The summed E-state index contributed by atoms with van der Waals surface area (Å²) in [6, 6.07) is 0. The third-order valence-electron chi connectivity index (χ3n) is 0. The molecule has 0 N–H and O–H groups in total. The molecule has 0 aromatic carbocycles. The molecule has 5 heteroatoms. The van der Waals surface area contributed by atoms with E-state index in [2.05, 4.69) is 0 Å². The first-order valence-electron chi connectivity index (χ1n) is 0. The Bertz CT molecular complexity index is 11.6. The van der Waals surface area contributed by atoms with Crippen molar-refractivity contribution in [2.24, 2.45) is 0 Å². The van der Waals surface area contributed by atoms with Gasteiger partial charge in [-0.05, 0) is 0 Å². The molecule has 5 heavy (non-hydrogen) atoms. The molecule has 0 atom stereocenters. The Morgan fingerprint density at radius 1 is 1.00 bits per heavy atom. The fraction of sp³-hybridized carbons (Fsp3) is 0. The Balaban J connectivity index is 0. The first-order valence-corrected chi connectivity index (χ1v) is 0. The Kier molecular flexibility index (Phi) is 138. The van der Waals surface area contributed by atoms with E-state index >= 15 is 0 Å². The van der Waals surface area contributed by atoms with Crippen LogP contribution in [-0.4, -0.2) is 168 Å². The molecule has 0 aromatic heterocycles. The van der Waals surface area contributed by atoms with Crippen LogP contribution in [0.5, 0.6) is 0 Å². The van der Waals surface area contributed by atoms with Gasteiger partial charge in [-0.2, -0.15) is 0 Å². The van der Waals surface area contributed by atoms with Gasteiger partial charge in [-0.3, -0.25) is 0 Å². The van der Waals surface area contributed by atoms with E-state index in [-0.39, 0.29) is 185 Å². The molecule has 20 valence electrons. The molecule has 0 saturated carbocycles. The average Bonchev–Trinajstić information content (AvgIpc) is 0. The zero-order valence-corrected chi connectivity index (χ0v) is 1.46. The molecular formula is H6BaCaFeKNa. The van der Waals surface area contributed by atoms with Gasteiger partial charge in [0.15, 0.2) is 0 Å². The molecule has 0 spiro atoms. The van der Waals surface area contributed by atoms with E-state index in [1.54, 1.807) is 0 Å². The second kappa shape index (κ2) is 22.5. The topological polar surface area (TPSA) is 0 Å². The van der Waals surface area contributed by atoms with Gasteiger partial charge in [-0.25, -0.2) is 0 Å². The molecule has 0 aromatic rings. The third-order valence-corrected chi connectivity index (χ3v) is 0. The van der Waals surface area contributed by atoms with Crippen molar-refractivity contribution in [1.82, 2.24) is 0 Å². The average molecular weight is 301 g/mol. The van der Waals surface area contributed by atoms with Crippen molar-refractivity contribution in [2.75, 3.05) is 0 Å². The molecule has 0 aliphatic heterocycles. The van der Waals surface area contributed by atoms with Crippen LogP contribution in [0.4, 0.5) is 0 Å². The summed E-state index contributed by atoms with van der Waals surface area (Å²) >= 11 is 0. The number of hydrogen-bond acceptors (Lipinski definition) is 0. The minimum absolute atomic E-state index is 0. The van der Waals surface area contributed by atoms with Gasteiger partial charge in [0.1, 0.15) is 0 Å². The van der Waals surface area contributed by atoms with Crippen LogP contribution in [0.3, 0.4) is 0 Å². The first kappa shape index (κ1) is 30.6. The molecule has 0 amide bonds. The van der Waals surface area contributed by atoms with E-state index in [0.717, 1.165) is 0 Å². The first-order chi connectivity index (χ1) is 0. The number of hydrogen-bond donors (Lipinski definition) is 0.